The van der Waals surface area contributed by atoms with Crippen LogP contribution in [0.1, 0.15) is 11.1 Å². The van der Waals surface area contributed by atoms with Gasteiger partial charge in [-0.25, -0.2) is 4.98 Å². The van der Waals surface area contributed by atoms with Crippen molar-refractivity contribution in [1.82, 2.24) is 9.97 Å². The van der Waals surface area contributed by atoms with Gasteiger partial charge in [0.25, 0.3) is 0 Å². The molecular weight excluding hydrogens is 352 g/mol. The second-order valence-electron chi connectivity index (χ2n) is 5.79. The van der Waals surface area contributed by atoms with Crippen molar-refractivity contribution in [2.24, 2.45) is 0 Å². The Bertz CT molecular complexity index is 902. The Morgan fingerprint density at radius 2 is 1.65 bits per heavy atom. The number of nitrogens with one attached hydrogen (secondary N) is 2. The van der Waals surface area contributed by atoms with Crippen molar-refractivity contribution in [2.75, 3.05) is 17.4 Å². The number of nitrogens with zero attached hydrogens (tertiary/aromatic N) is 2. The van der Waals surface area contributed by atoms with Crippen molar-refractivity contribution < 1.29 is 9.47 Å². The van der Waals surface area contributed by atoms with Crippen LogP contribution in [0.3, 0.4) is 0 Å². The molecule has 0 bridgehead atoms. The van der Waals surface area contributed by atoms with Crippen LogP contribution in [0.25, 0.3) is 0 Å². The minimum absolute atomic E-state index is 0.274. The molecule has 2 aromatic carbocycles. The molecule has 0 saturated heterocycles. The molecule has 0 unspecified atom stereocenters. The molecule has 2 N–H and O–H groups in total. The number of aromatic nitrogens is 2. The summed E-state index contributed by atoms with van der Waals surface area (Å²) in [6, 6.07) is 15.4. The Morgan fingerprint density at radius 1 is 0.885 bits per heavy atom. The number of rotatable bonds is 6. The van der Waals surface area contributed by atoms with E-state index in [0.717, 1.165) is 33.5 Å². The quantitative estimate of drug-likeness (QED) is 0.683. The van der Waals surface area contributed by atoms with Crippen LogP contribution in [0, 0.1) is 0 Å². The minimum atomic E-state index is 0.274. The lowest BCUT2D eigenvalue weighted by Crippen LogP contribution is -2.06. The maximum atomic E-state index is 5.90. The van der Waals surface area contributed by atoms with E-state index >= 15 is 0 Å². The summed E-state index contributed by atoms with van der Waals surface area (Å²) in [5.41, 5.74) is 2.19. The Labute approximate surface area is 156 Å². The third-order valence-corrected chi connectivity index (χ3v) is 4.18. The van der Waals surface area contributed by atoms with Gasteiger partial charge >= 0.3 is 0 Å². The second kappa shape index (κ2) is 7.49. The van der Waals surface area contributed by atoms with Crippen LogP contribution in [-0.2, 0) is 13.1 Å². The predicted molar refractivity (Wildman–Crippen MR) is 101 cm³/mol. The van der Waals surface area contributed by atoms with E-state index in [2.05, 4.69) is 20.6 Å². The first-order valence-electron chi connectivity index (χ1n) is 8.20. The molecule has 26 heavy (non-hydrogen) atoms. The van der Waals surface area contributed by atoms with Gasteiger partial charge in [-0.1, -0.05) is 29.8 Å². The molecular formula is C19H17ClN4O2. The molecule has 1 aliphatic rings. The molecule has 1 aromatic heterocycles. The van der Waals surface area contributed by atoms with Crippen molar-refractivity contribution in [2.45, 2.75) is 13.1 Å². The highest BCUT2D eigenvalue weighted by atomic mass is 35.5. The Morgan fingerprint density at radius 3 is 2.54 bits per heavy atom. The van der Waals surface area contributed by atoms with Crippen LogP contribution in [0.4, 0.5) is 11.8 Å². The van der Waals surface area contributed by atoms with Gasteiger partial charge in [-0.3, -0.25) is 0 Å². The summed E-state index contributed by atoms with van der Waals surface area (Å²) < 4.78 is 10.7. The largest absolute Gasteiger partial charge is 0.454 e. The molecule has 0 saturated carbocycles. The van der Waals surface area contributed by atoms with Crippen molar-refractivity contribution >= 4 is 23.4 Å². The van der Waals surface area contributed by atoms with Crippen LogP contribution >= 0.6 is 11.6 Å². The number of anilines is 2. The van der Waals surface area contributed by atoms with E-state index in [9.17, 15) is 0 Å². The van der Waals surface area contributed by atoms with E-state index in [1.807, 2.05) is 48.5 Å². The highest BCUT2D eigenvalue weighted by Gasteiger charge is 2.13. The van der Waals surface area contributed by atoms with Gasteiger partial charge in [0.1, 0.15) is 5.82 Å². The number of halogens is 1. The Balaban J connectivity index is 1.35. The van der Waals surface area contributed by atoms with E-state index in [0.29, 0.717) is 19.0 Å². The number of hydrogen-bond donors (Lipinski definition) is 2. The SMILES string of the molecule is Clc1ccc(CNc2ccnc(NCc3ccc4c(c3)OCO4)n2)cc1. The molecule has 4 rings (SSSR count). The van der Waals surface area contributed by atoms with Gasteiger partial charge in [-0.15, -0.1) is 0 Å². The standard InChI is InChI=1S/C19H17ClN4O2/c20-15-4-1-13(2-5-15)10-22-18-7-8-21-19(24-18)23-11-14-3-6-16-17(9-14)26-12-25-16/h1-9H,10-12H2,(H2,21,22,23,24). The van der Waals surface area contributed by atoms with Crippen LogP contribution < -0.4 is 20.1 Å². The number of benzene rings is 2. The number of hydrogen-bond acceptors (Lipinski definition) is 6. The molecule has 0 amide bonds. The van der Waals surface area contributed by atoms with Crippen LogP contribution in [0.2, 0.25) is 5.02 Å². The van der Waals surface area contributed by atoms with Gasteiger partial charge in [0, 0.05) is 24.3 Å². The smallest absolute Gasteiger partial charge is 0.231 e. The fourth-order valence-electron chi connectivity index (χ4n) is 2.57. The first-order valence-corrected chi connectivity index (χ1v) is 8.58. The summed E-state index contributed by atoms with van der Waals surface area (Å²) in [6.45, 7) is 1.53. The van der Waals surface area contributed by atoms with Crippen molar-refractivity contribution in [1.29, 1.82) is 0 Å². The topological polar surface area (TPSA) is 68.3 Å². The summed E-state index contributed by atoms with van der Waals surface area (Å²) in [4.78, 5) is 8.74. The zero-order valence-corrected chi connectivity index (χ0v) is 14.7. The molecule has 0 spiro atoms. The zero-order valence-electron chi connectivity index (χ0n) is 13.9. The van der Waals surface area contributed by atoms with Crippen molar-refractivity contribution in [3.8, 4) is 11.5 Å². The van der Waals surface area contributed by atoms with Crippen LogP contribution in [0.15, 0.2) is 54.7 Å². The Hall–Kier alpha value is -2.99. The highest BCUT2D eigenvalue weighted by molar-refractivity contribution is 6.30. The fourth-order valence-corrected chi connectivity index (χ4v) is 2.70. The average Bonchev–Trinajstić information content (AvgIpc) is 3.14. The first kappa shape index (κ1) is 16.5. The Kier molecular flexibility index (Phi) is 4.75. The minimum Gasteiger partial charge on any atom is -0.454 e. The zero-order chi connectivity index (χ0) is 17.8. The monoisotopic (exact) mass is 368 g/mol. The lowest BCUT2D eigenvalue weighted by molar-refractivity contribution is 0.174. The van der Waals surface area contributed by atoms with E-state index < -0.39 is 0 Å². The van der Waals surface area contributed by atoms with Gasteiger partial charge in [0.15, 0.2) is 11.5 Å². The highest BCUT2D eigenvalue weighted by Crippen LogP contribution is 2.32. The number of fused-ring (bicyclic) bond motifs is 1. The molecule has 0 aliphatic carbocycles. The third kappa shape index (κ3) is 3.97. The maximum Gasteiger partial charge on any atom is 0.231 e. The molecule has 2 heterocycles. The summed E-state index contributed by atoms with van der Waals surface area (Å²) in [5, 5.41) is 7.23. The van der Waals surface area contributed by atoms with Crippen LogP contribution in [-0.4, -0.2) is 16.8 Å². The normalized spacial score (nSPS) is 12.0. The van der Waals surface area contributed by atoms with Gasteiger partial charge in [-0.2, -0.15) is 4.98 Å². The van der Waals surface area contributed by atoms with E-state index in [-0.39, 0.29) is 6.79 Å². The van der Waals surface area contributed by atoms with E-state index in [1.54, 1.807) is 6.20 Å². The molecule has 7 heteroatoms. The first-order chi connectivity index (χ1) is 12.8. The van der Waals surface area contributed by atoms with E-state index in [4.69, 9.17) is 21.1 Å². The third-order valence-electron chi connectivity index (χ3n) is 3.93. The summed E-state index contributed by atoms with van der Waals surface area (Å²) in [7, 11) is 0. The van der Waals surface area contributed by atoms with Gasteiger partial charge in [0.2, 0.25) is 12.7 Å². The van der Waals surface area contributed by atoms with Crippen molar-refractivity contribution in [3.63, 3.8) is 0 Å². The van der Waals surface area contributed by atoms with Gasteiger partial charge in [-0.05, 0) is 41.5 Å². The molecule has 0 atom stereocenters. The lowest BCUT2D eigenvalue weighted by atomic mass is 10.2. The summed E-state index contributed by atoms with van der Waals surface area (Å²) in [6.07, 6.45) is 1.72. The molecule has 3 aromatic rings. The molecule has 132 valence electrons. The molecule has 1 aliphatic heterocycles. The summed E-state index contributed by atoms with van der Waals surface area (Å²) in [5.74, 6) is 2.86. The molecule has 0 fully saturated rings. The second-order valence-corrected chi connectivity index (χ2v) is 6.22. The van der Waals surface area contributed by atoms with Crippen molar-refractivity contribution in [3.05, 3.63) is 70.9 Å². The molecule has 0 radical (unpaired) electrons. The average molecular weight is 369 g/mol. The van der Waals surface area contributed by atoms with E-state index in [1.165, 1.54) is 0 Å². The van der Waals surface area contributed by atoms with Gasteiger partial charge in [0.05, 0.1) is 0 Å². The maximum absolute atomic E-state index is 5.90. The number of ether oxygens (including phenoxy) is 2. The molecule has 6 nitrogen and oxygen atoms in total. The van der Waals surface area contributed by atoms with Gasteiger partial charge < -0.3 is 20.1 Å². The summed E-state index contributed by atoms with van der Waals surface area (Å²) >= 11 is 5.90. The lowest BCUT2D eigenvalue weighted by Gasteiger charge is -2.09. The predicted octanol–water partition coefficient (Wildman–Crippen LogP) is 4.08. The fraction of sp³-hybridized carbons (Fsp3) is 0.158. The van der Waals surface area contributed by atoms with Crippen LogP contribution in [0.5, 0.6) is 11.5 Å².